The zero-order valence-corrected chi connectivity index (χ0v) is 12.7. The van der Waals surface area contributed by atoms with Crippen molar-refractivity contribution < 1.29 is 14.3 Å². The van der Waals surface area contributed by atoms with Crippen molar-refractivity contribution in [3.63, 3.8) is 0 Å². The van der Waals surface area contributed by atoms with Gasteiger partial charge in [-0.15, -0.1) is 0 Å². The Hall–Kier alpha value is -3.09. The van der Waals surface area contributed by atoms with Gasteiger partial charge in [0.15, 0.2) is 0 Å². The summed E-state index contributed by atoms with van der Waals surface area (Å²) in [5.74, 6) is 0.380. The van der Waals surface area contributed by atoms with Crippen LogP contribution in [0.15, 0.2) is 48.8 Å². The highest BCUT2D eigenvalue weighted by atomic mass is 16.5. The number of pyridine rings is 1. The molecule has 0 fully saturated rings. The molecular weight excluding hydrogens is 296 g/mol. The average molecular weight is 314 g/mol. The molecule has 0 radical (unpaired) electrons. The smallest absolute Gasteiger partial charge is 0.312 e. The predicted octanol–water partition coefficient (Wildman–Crippen LogP) is 0.964. The Kier molecular flexibility index (Phi) is 5.51. The molecule has 0 saturated heterocycles. The second-order valence-electron chi connectivity index (χ2n) is 4.77. The fourth-order valence-electron chi connectivity index (χ4n) is 2.09. The van der Waals surface area contributed by atoms with Crippen LogP contribution in [-0.2, 0) is 4.79 Å². The summed E-state index contributed by atoms with van der Waals surface area (Å²) < 4.78 is 5.14. The van der Waals surface area contributed by atoms with Crippen LogP contribution in [0.25, 0.3) is 0 Å². The van der Waals surface area contributed by atoms with Crippen LogP contribution in [0.2, 0.25) is 0 Å². The Morgan fingerprint density at radius 3 is 2.30 bits per heavy atom. The third-order valence-electron chi connectivity index (χ3n) is 3.22. The molecule has 3 amide bonds. The van der Waals surface area contributed by atoms with Crippen molar-refractivity contribution >= 4 is 11.9 Å². The molecule has 1 atom stereocenters. The van der Waals surface area contributed by atoms with Crippen molar-refractivity contribution in [1.29, 1.82) is 0 Å². The van der Waals surface area contributed by atoms with E-state index in [1.807, 2.05) is 36.4 Å². The quantitative estimate of drug-likeness (QED) is 0.738. The SMILES string of the molecule is COc1ccc(C(NC(=O)CNC(N)=O)c2ccncc2)cc1. The van der Waals surface area contributed by atoms with E-state index in [2.05, 4.69) is 15.6 Å². The molecule has 2 aromatic rings. The van der Waals surface area contributed by atoms with E-state index in [9.17, 15) is 9.59 Å². The molecule has 23 heavy (non-hydrogen) atoms. The number of nitrogens with one attached hydrogen (secondary N) is 2. The molecule has 0 spiro atoms. The van der Waals surface area contributed by atoms with Crippen molar-refractivity contribution in [3.8, 4) is 5.75 Å². The van der Waals surface area contributed by atoms with E-state index in [4.69, 9.17) is 10.5 Å². The Morgan fingerprint density at radius 1 is 1.13 bits per heavy atom. The maximum atomic E-state index is 12.0. The summed E-state index contributed by atoms with van der Waals surface area (Å²) in [6, 6.07) is 9.88. The van der Waals surface area contributed by atoms with E-state index in [0.717, 1.165) is 16.9 Å². The third kappa shape index (κ3) is 4.70. The fraction of sp³-hybridized carbons (Fsp3) is 0.188. The molecular formula is C16H18N4O3. The molecule has 0 saturated carbocycles. The van der Waals surface area contributed by atoms with E-state index in [1.54, 1.807) is 19.5 Å². The minimum atomic E-state index is -0.745. The first kappa shape index (κ1) is 16.3. The van der Waals surface area contributed by atoms with Crippen LogP contribution >= 0.6 is 0 Å². The van der Waals surface area contributed by atoms with Crippen molar-refractivity contribution in [2.45, 2.75) is 6.04 Å². The number of carbonyl (C=O) groups excluding carboxylic acids is 2. The van der Waals surface area contributed by atoms with Crippen LogP contribution in [0.3, 0.4) is 0 Å². The molecule has 4 N–H and O–H groups in total. The maximum absolute atomic E-state index is 12.0. The number of nitrogens with zero attached hydrogens (tertiary/aromatic N) is 1. The van der Waals surface area contributed by atoms with E-state index < -0.39 is 6.03 Å². The molecule has 7 nitrogen and oxygen atoms in total. The number of rotatable bonds is 6. The second-order valence-corrected chi connectivity index (χ2v) is 4.77. The van der Waals surface area contributed by atoms with Gasteiger partial charge in [-0.1, -0.05) is 12.1 Å². The van der Waals surface area contributed by atoms with Crippen molar-refractivity contribution in [2.24, 2.45) is 5.73 Å². The molecule has 0 bridgehead atoms. The first-order chi connectivity index (χ1) is 11.1. The average Bonchev–Trinajstić information content (AvgIpc) is 2.59. The number of ether oxygens (including phenoxy) is 1. The molecule has 1 aromatic heterocycles. The van der Waals surface area contributed by atoms with E-state index >= 15 is 0 Å². The van der Waals surface area contributed by atoms with Crippen LogP contribution in [0.1, 0.15) is 17.2 Å². The number of hydrogen-bond donors (Lipinski definition) is 3. The van der Waals surface area contributed by atoms with Gasteiger partial charge in [-0.05, 0) is 35.4 Å². The lowest BCUT2D eigenvalue weighted by Gasteiger charge is -2.20. The first-order valence-corrected chi connectivity index (χ1v) is 6.96. The predicted molar refractivity (Wildman–Crippen MR) is 84.8 cm³/mol. The lowest BCUT2D eigenvalue weighted by atomic mass is 9.99. The normalized spacial score (nSPS) is 11.3. The molecule has 0 aliphatic heterocycles. The van der Waals surface area contributed by atoms with Crippen LogP contribution in [-0.4, -0.2) is 30.6 Å². The van der Waals surface area contributed by atoms with Gasteiger partial charge in [0.1, 0.15) is 5.75 Å². The largest absolute Gasteiger partial charge is 0.497 e. The van der Waals surface area contributed by atoms with E-state index in [0.29, 0.717) is 0 Å². The van der Waals surface area contributed by atoms with Crippen LogP contribution in [0.4, 0.5) is 4.79 Å². The molecule has 0 aliphatic rings. The van der Waals surface area contributed by atoms with Gasteiger partial charge in [0.25, 0.3) is 0 Å². The maximum Gasteiger partial charge on any atom is 0.312 e. The molecule has 1 aromatic carbocycles. The fourth-order valence-corrected chi connectivity index (χ4v) is 2.09. The topological polar surface area (TPSA) is 106 Å². The minimum Gasteiger partial charge on any atom is -0.497 e. The lowest BCUT2D eigenvalue weighted by Crippen LogP contribution is -2.40. The summed E-state index contributed by atoms with van der Waals surface area (Å²) in [5, 5.41) is 5.13. The van der Waals surface area contributed by atoms with E-state index in [1.165, 1.54) is 0 Å². The Bertz CT molecular complexity index is 659. The number of nitrogens with two attached hydrogens (primary N) is 1. The Balaban J connectivity index is 2.21. The number of primary amides is 1. The highest BCUT2D eigenvalue weighted by Crippen LogP contribution is 2.23. The highest BCUT2D eigenvalue weighted by Gasteiger charge is 2.17. The lowest BCUT2D eigenvalue weighted by molar-refractivity contribution is -0.120. The number of carbonyl (C=O) groups is 2. The minimum absolute atomic E-state index is 0.187. The molecule has 1 unspecified atom stereocenters. The van der Waals surface area contributed by atoms with Gasteiger partial charge in [-0.3, -0.25) is 9.78 Å². The number of amides is 3. The zero-order chi connectivity index (χ0) is 16.7. The number of benzene rings is 1. The zero-order valence-electron chi connectivity index (χ0n) is 12.7. The van der Waals surface area contributed by atoms with Gasteiger partial charge >= 0.3 is 6.03 Å². The monoisotopic (exact) mass is 314 g/mol. The highest BCUT2D eigenvalue weighted by molar-refractivity contribution is 5.83. The summed E-state index contributed by atoms with van der Waals surface area (Å²) in [7, 11) is 1.59. The van der Waals surface area contributed by atoms with Gasteiger partial charge in [0, 0.05) is 12.4 Å². The summed E-state index contributed by atoms with van der Waals surface area (Å²) >= 11 is 0. The molecule has 7 heteroatoms. The van der Waals surface area contributed by atoms with Crippen LogP contribution in [0.5, 0.6) is 5.75 Å². The van der Waals surface area contributed by atoms with Crippen molar-refractivity contribution in [1.82, 2.24) is 15.6 Å². The summed E-state index contributed by atoms with van der Waals surface area (Å²) in [6.07, 6.45) is 3.30. The summed E-state index contributed by atoms with van der Waals surface area (Å²) in [5.41, 5.74) is 6.73. The Labute approximate surface area is 133 Å². The molecule has 120 valence electrons. The van der Waals surface area contributed by atoms with Crippen molar-refractivity contribution in [2.75, 3.05) is 13.7 Å². The van der Waals surface area contributed by atoms with Crippen molar-refractivity contribution in [3.05, 3.63) is 59.9 Å². The van der Waals surface area contributed by atoms with E-state index in [-0.39, 0.29) is 18.5 Å². The summed E-state index contributed by atoms with van der Waals surface area (Å²) in [6.45, 7) is -0.187. The van der Waals surface area contributed by atoms with Gasteiger partial charge < -0.3 is 21.1 Å². The van der Waals surface area contributed by atoms with Gasteiger partial charge in [-0.2, -0.15) is 0 Å². The van der Waals surface area contributed by atoms with Gasteiger partial charge in [0.2, 0.25) is 5.91 Å². The number of methoxy groups -OCH3 is 1. The third-order valence-corrected chi connectivity index (χ3v) is 3.22. The van der Waals surface area contributed by atoms with Gasteiger partial charge in [0.05, 0.1) is 19.7 Å². The molecule has 1 heterocycles. The second kappa shape index (κ2) is 7.79. The number of hydrogen-bond acceptors (Lipinski definition) is 4. The first-order valence-electron chi connectivity index (χ1n) is 6.96. The Morgan fingerprint density at radius 2 is 1.74 bits per heavy atom. The molecule has 0 aliphatic carbocycles. The summed E-state index contributed by atoms with van der Waals surface area (Å²) in [4.78, 5) is 26.7. The number of urea groups is 1. The molecule has 2 rings (SSSR count). The van der Waals surface area contributed by atoms with Gasteiger partial charge in [-0.25, -0.2) is 4.79 Å². The standard InChI is InChI=1S/C16H18N4O3/c1-23-13-4-2-11(3-5-13)15(12-6-8-18-9-7-12)20-14(21)10-19-16(17)22/h2-9,15H,10H2,1H3,(H,20,21)(H3,17,19,22). The number of aromatic nitrogens is 1. The van der Waals surface area contributed by atoms with Crippen LogP contribution < -0.4 is 21.1 Å². The van der Waals surface area contributed by atoms with Crippen LogP contribution in [0, 0.1) is 0 Å².